The van der Waals surface area contributed by atoms with E-state index < -0.39 is 15.8 Å². The number of hydrogen-bond donors (Lipinski definition) is 3. The standard InChI is InChI=1S/C18H19NO5S/c1-11-4-7-15(8-5-11)25(23,24)19-14-6-9-16(17(22)10-14)18(12(2)20)13(3)21/h4-10,19-20,22H,1-3H3/b18-12-. The van der Waals surface area contributed by atoms with Crippen LogP contribution < -0.4 is 4.72 Å². The zero-order valence-corrected chi connectivity index (χ0v) is 14.9. The molecule has 0 fully saturated rings. The predicted octanol–water partition coefficient (Wildman–Crippen LogP) is 3.38. The number of carbonyl (C=O) groups is 1. The molecule has 0 aliphatic heterocycles. The Bertz CT molecular complexity index is 940. The molecule has 0 radical (unpaired) electrons. The third-order valence-corrected chi connectivity index (χ3v) is 4.96. The Kier molecular flexibility index (Phi) is 5.18. The molecule has 0 saturated heterocycles. The molecule has 0 unspecified atom stereocenters. The lowest BCUT2D eigenvalue weighted by Crippen LogP contribution is -2.13. The fraction of sp³-hybridized carbons (Fsp3) is 0.167. The zero-order chi connectivity index (χ0) is 18.8. The zero-order valence-electron chi connectivity index (χ0n) is 14.1. The predicted molar refractivity (Wildman–Crippen MR) is 96.0 cm³/mol. The van der Waals surface area contributed by atoms with Gasteiger partial charge in [0, 0.05) is 11.6 Å². The lowest BCUT2D eigenvalue weighted by molar-refractivity contribution is -0.111. The van der Waals surface area contributed by atoms with Crippen molar-refractivity contribution in [3.8, 4) is 5.75 Å². The minimum atomic E-state index is -3.80. The largest absolute Gasteiger partial charge is 0.512 e. The number of phenols is 1. The van der Waals surface area contributed by atoms with Crippen LogP contribution in [0.5, 0.6) is 5.75 Å². The summed E-state index contributed by atoms with van der Waals surface area (Å²) in [7, 11) is -3.80. The second-order valence-electron chi connectivity index (χ2n) is 5.67. The number of aliphatic hydroxyl groups excluding tert-OH is 1. The average Bonchev–Trinajstić information content (AvgIpc) is 2.49. The Hall–Kier alpha value is -2.80. The van der Waals surface area contributed by atoms with Gasteiger partial charge < -0.3 is 10.2 Å². The summed E-state index contributed by atoms with van der Waals surface area (Å²) >= 11 is 0. The Morgan fingerprint density at radius 3 is 2.12 bits per heavy atom. The van der Waals surface area contributed by atoms with Gasteiger partial charge in [0.05, 0.1) is 16.2 Å². The van der Waals surface area contributed by atoms with Crippen LogP contribution in [0.15, 0.2) is 53.1 Å². The summed E-state index contributed by atoms with van der Waals surface area (Å²) in [6.45, 7) is 4.45. The van der Waals surface area contributed by atoms with Gasteiger partial charge in [0.15, 0.2) is 5.78 Å². The monoisotopic (exact) mass is 361 g/mol. The Labute approximate surface area is 146 Å². The molecule has 7 heteroatoms. The molecule has 0 amide bonds. The molecule has 0 heterocycles. The van der Waals surface area contributed by atoms with E-state index in [0.29, 0.717) is 0 Å². The van der Waals surface area contributed by atoms with Crippen molar-refractivity contribution in [3.63, 3.8) is 0 Å². The number of benzene rings is 2. The Balaban J connectivity index is 2.37. The number of phenolic OH excluding ortho intramolecular Hbond substituents is 1. The first-order chi connectivity index (χ1) is 11.6. The third kappa shape index (κ3) is 4.19. The van der Waals surface area contributed by atoms with Gasteiger partial charge in [-0.05, 0) is 45.0 Å². The molecule has 25 heavy (non-hydrogen) atoms. The van der Waals surface area contributed by atoms with Gasteiger partial charge in [-0.2, -0.15) is 0 Å². The highest BCUT2D eigenvalue weighted by Crippen LogP contribution is 2.31. The van der Waals surface area contributed by atoms with E-state index in [1.807, 2.05) is 6.92 Å². The molecule has 6 nitrogen and oxygen atoms in total. The molecule has 3 N–H and O–H groups in total. The molecule has 2 aromatic carbocycles. The molecule has 2 aromatic rings. The number of sulfonamides is 1. The maximum atomic E-state index is 12.4. The first-order valence-corrected chi connectivity index (χ1v) is 8.94. The van der Waals surface area contributed by atoms with Crippen molar-refractivity contribution in [1.29, 1.82) is 0 Å². The summed E-state index contributed by atoms with van der Waals surface area (Å²) in [6.07, 6.45) is 0. The number of hydrogen-bond acceptors (Lipinski definition) is 5. The first kappa shape index (κ1) is 18.5. The quantitative estimate of drug-likeness (QED) is 0.559. The van der Waals surface area contributed by atoms with Crippen LogP contribution in [0.3, 0.4) is 0 Å². The van der Waals surface area contributed by atoms with Crippen LogP contribution in [0.4, 0.5) is 5.69 Å². The van der Waals surface area contributed by atoms with Gasteiger partial charge >= 0.3 is 0 Å². The highest BCUT2D eigenvalue weighted by Gasteiger charge is 2.18. The van der Waals surface area contributed by atoms with E-state index in [0.717, 1.165) is 5.56 Å². The molecule has 0 saturated carbocycles. The van der Waals surface area contributed by atoms with Crippen molar-refractivity contribution >= 4 is 27.1 Å². The number of aromatic hydroxyl groups is 1. The van der Waals surface area contributed by atoms with Gasteiger partial charge in [0.2, 0.25) is 0 Å². The minimum Gasteiger partial charge on any atom is -0.512 e. The van der Waals surface area contributed by atoms with Crippen molar-refractivity contribution in [1.82, 2.24) is 0 Å². The van der Waals surface area contributed by atoms with Crippen molar-refractivity contribution in [2.24, 2.45) is 0 Å². The van der Waals surface area contributed by atoms with Crippen molar-refractivity contribution < 1.29 is 23.4 Å². The van der Waals surface area contributed by atoms with E-state index in [1.54, 1.807) is 12.1 Å². The number of Topliss-reactive ketones (excluding diaryl/α,β-unsaturated/α-hetero) is 1. The van der Waals surface area contributed by atoms with Crippen LogP contribution >= 0.6 is 0 Å². The van der Waals surface area contributed by atoms with Crippen LogP contribution in [0, 0.1) is 6.92 Å². The second kappa shape index (κ2) is 6.98. The van der Waals surface area contributed by atoms with Crippen molar-refractivity contribution in [2.45, 2.75) is 25.7 Å². The molecule has 0 aliphatic carbocycles. The van der Waals surface area contributed by atoms with Gasteiger partial charge in [-0.15, -0.1) is 0 Å². The lowest BCUT2D eigenvalue weighted by Gasteiger charge is -2.12. The van der Waals surface area contributed by atoms with Crippen LogP contribution in [0.2, 0.25) is 0 Å². The van der Waals surface area contributed by atoms with Crippen LogP contribution in [0.1, 0.15) is 25.0 Å². The number of nitrogens with one attached hydrogen (secondary N) is 1. The molecule has 0 bridgehead atoms. The third-order valence-electron chi connectivity index (χ3n) is 3.56. The number of anilines is 1. The topological polar surface area (TPSA) is 104 Å². The van der Waals surface area contributed by atoms with E-state index in [4.69, 9.17) is 0 Å². The first-order valence-electron chi connectivity index (χ1n) is 7.45. The highest BCUT2D eigenvalue weighted by atomic mass is 32.2. The summed E-state index contributed by atoms with van der Waals surface area (Å²) in [5, 5.41) is 19.8. The molecule has 2 rings (SSSR count). The maximum absolute atomic E-state index is 12.4. The van der Waals surface area contributed by atoms with Crippen molar-refractivity contribution in [2.75, 3.05) is 4.72 Å². The highest BCUT2D eigenvalue weighted by molar-refractivity contribution is 7.92. The SMILES string of the molecule is CC(=O)/C(=C(\C)O)c1ccc(NS(=O)(=O)c2ccc(C)cc2)cc1O. The molecule has 0 aromatic heterocycles. The van der Waals surface area contributed by atoms with Crippen molar-refractivity contribution in [3.05, 3.63) is 59.4 Å². The molecule has 132 valence electrons. The fourth-order valence-electron chi connectivity index (χ4n) is 2.38. The molecule has 0 atom stereocenters. The summed E-state index contributed by atoms with van der Waals surface area (Å²) in [4.78, 5) is 11.7. The van der Waals surface area contributed by atoms with E-state index in [9.17, 15) is 23.4 Å². The summed E-state index contributed by atoms with van der Waals surface area (Å²) in [5.74, 6) is -0.957. The van der Waals surface area contributed by atoms with E-state index in [-0.39, 0.29) is 33.2 Å². The number of carbonyl (C=O) groups excluding carboxylic acids is 1. The fourth-order valence-corrected chi connectivity index (χ4v) is 3.43. The van der Waals surface area contributed by atoms with Crippen LogP contribution in [-0.4, -0.2) is 24.4 Å². The molecular formula is C18H19NO5S. The number of rotatable bonds is 5. The second-order valence-corrected chi connectivity index (χ2v) is 7.35. The normalized spacial score (nSPS) is 12.4. The van der Waals surface area contributed by atoms with E-state index >= 15 is 0 Å². The lowest BCUT2D eigenvalue weighted by atomic mass is 10.00. The summed E-state index contributed by atoms with van der Waals surface area (Å²) in [6, 6.07) is 10.3. The van der Waals surface area contributed by atoms with Gasteiger partial charge in [0.25, 0.3) is 10.0 Å². The van der Waals surface area contributed by atoms with E-state index in [2.05, 4.69) is 4.72 Å². The maximum Gasteiger partial charge on any atom is 0.261 e. The summed E-state index contributed by atoms with van der Waals surface area (Å²) in [5.41, 5.74) is 1.18. The Morgan fingerprint density at radius 2 is 1.64 bits per heavy atom. The van der Waals surface area contributed by atoms with Gasteiger partial charge in [-0.3, -0.25) is 9.52 Å². The van der Waals surface area contributed by atoms with Gasteiger partial charge in [-0.1, -0.05) is 17.7 Å². The number of allylic oxidation sites excluding steroid dienone is 2. The van der Waals surface area contributed by atoms with Gasteiger partial charge in [0.1, 0.15) is 11.5 Å². The number of aliphatic hydroxyl groups is 1. The minimum absolute atomic E-state index is 0.0227. The average molecular weight is 361 g/mol. The molecule has 0 aliphatic rings. The smallest absolute Gasteiger partial charge is 0.261 e. The number of aryl methyl sites for hydroxylation is 1. The van der Waals surface area contributed by atoms with E-state index in [1.165, 1.54) is 44.2 Å². The Morgan fingerprint density at radius 1 is 1.04 bits per heavy atom. The van der Waals surface area contributed by atoms with Crippen LogP contribution in [0.25, 0.3) is 5.57 Å². The molecule has 0 spiro atoms. The van der Waals surface area contributed by atoms with Gasteiger partial charge in [-0.25, -0.2) is 8.42 Å². The molecular weight excluding hydrogens is 342 g/mol. The number of ketones is 1. The summed E-state index contributed by atoms with van der Waals surface area (Å²) < 4.78 is 27.1. The van der Waals surface area contributed by atoms with Crippen LogP contribution in [-0.2, 0) is 14.8 Å².